The van der Waals surface area contributed by atoms with Gasteiger partial charge in [-0.1, -0.05) is 64.1 Å². The van der Waals surface area contributed by atoms with Crippen molar-refractivity contribution in [2.75, 3.05) is 13.2 Å². The zero-order chi connectivity index (χ0) is 20.7. The Labute approximate surface area is 169 Å². The van der Waals surface area contributed by atoms with E-state index in [1.165, 1.54) is 11.1 Å². The maximum Gasteiger partial charge on any atom is 0.193 e. The van der Waals surface area contributed by atoms with Gasteiger partial charge in [-0.3, -0.25) is 4.79 Å². The second kappa shape index (κ2) is 10.5. The van der Waals surface area contributed by atoms with E-state index in [1.54, 1.807) is 0 Å². The Bertz CT molecular complexity index is 725. The van der Waals surface area contributed by atoms with Crippen LogP contribution in [0.25, 0.3) is 0 Å². The maximum absolute atomic E-state index is 13.5. The zero-order valence-corrected chi connectivity index (χ0v) is 17.7. The third kappa shape index (κ3) is 5.52. The van der Waals surface area contributed by atoms with Gasteiger partial charge in [0, 0.05) is 24.3 Å². The standard InChI is InChI=1S/C25H34O3/c1-17(2)19-9-11-23(21(15-19)7-5-13-26)25(28)24-12-10-20(18(3)4)16-22(24)8-6-14-27/h9-12,15-18,26-27H,5-8,13-14H2,1-4H3. The lowest BCUT2D eigenvalue weighted by Gasteiger charge is -2.16. The summed E-state index contributed by atoms with van der Waals surface area (Å²) < 4.78 is 0. The van der Waals surface area contributed by atoms with Gasteiger partial charge in [0.2, 0.25) is 0 Å². The Morgan fingerprint density at radius 3 is 1.46 bits per heavy atom. The van der Waals surface area contributed by atoms with E-state index >= 15 is 0 Å². The molecule has 3 nitrogen and oxygen atoms in total. The van der Waals surface area contributed by atoms with Crippen molar-refractivity contribution in [1.29, 1.82) is 0 Å². The Morgan fingerprint density at radius 2 is 1.14 bits per heavy atom. The van der Waals surface area contributed by atoms with Gasteiger partial charge in [-0.15, -0.1) is 0 Å². The predicted octanol–water partition coefficient (Wildman–Crippen LogP) is 5.01. The molecule has 152 valence electrons. The highest BCUT2D eigenvalue weighted by atomic mass is 16.3. The molecule has 0 aromatic heterocycles. The molecule has 3 heteroatoms. The monoisotopic (exact) mass is 382 g/mol. The van der Waals surface area contributed by atoms with E-state index in [9.17, 15) is 15.0 Å². The maximum atomic E-state index is 13.5. The third-order valence-electron chi connectivity index (χ3n) is 5.29. The summed E-state index contributed by atoms with van der Waals surface area (Å²) in [4.78, 5) is 13.5. The summed E-state index contributed by atoms with van der Waals surface area (Å²) in [6, 6.07) is 12.2. The van der Waals surface area contributed by atoms with Crippen LogP contribution < -0.4 is 0 Å². The molecule has 0 bridgehead atoms. The molecule has 0 unspecified atom stereocenters. The van der Waals surface area contributed by atoms with Crippen LogP contribution in [0.5, 0.6) is 0 Å². The normalized spacial score (nSPS) is 11.4. The highest BCUT2D eigenvalue weighted by Gasteiger charge is 2.18. The van der Waals surface area contributed by atoms with E-state index in [0.29, 0.717) is 37.5 Å². The summed E-state index contributed by atoms with van der Waals surface area (Å²) in [6.07, 6.45) is 2.67. The van der Waals surface area contributed by atoms with Crippen molar-refractivity contribution >= 4 is 5.78 Å². The quantitative estimate of drug-likeness (QED) is 0.568. The average molecular weight is 383 g/mol. The van der Waals surface area contributed by atoms with Gasteiger partial charge in [-0.2, -0.15) is 0 Å². The molecule has 0 atom stereocenters. The van der Waals surface area contributed by atoms with Gasteiger partial charge >= 0.3 is 0 Å². The van der Waals surface area contributed by atoms with Gasteiger partial charge in [0.25, 0.3) is 0 Å². The van der Waals surface area contributed by atoms with Crippen LogP contribution in [0.3, 0.4) is 0 Å². The first kappa shape index (κ1) is 22.3. The predicted molar refractivity (Wildman–Crippen MR) is 115 cm³/mol. The fraction of sp³-hybridized carbons (Fsp3) is 0.480. The van der Waals surface area contributed by atoms with Crippen LogP contribution in [-0.2, 0) is 12.8 Å². The fourth-order valence-corrected chi connectivity index (χ4v) is 3.49. The molecule has 2 rings (SSSR count). The summed E-state index contributed by atoms with van der Waals surface area (Å²) in [7, 11) is 0. The van der Waals surface area contributed by atoms with Gasteiger partial charge < -0.3 is 10.2 Å². The molecule has 2 aromatic rings. The van der Waals surface area contributed by atoms with Gasteiger partial charge in [-0.05, 0) is 59.8 Å². The number of carbonyl (C=O) groups excluding carboxylic acids is 1. The van der Waals surface area contributed by atoms with Crippen molar-refractivity contribution in [3.05, 3.63) is 69.8 Å². The lowest BCUT2D eigenvalue weighted by Crippen LogP contribution is -2.11. The number of aryl methyl sites for hydroxylation is 2. The second-order valence-corrected chi connectivity index (χ2v) is 8.13. The van der Waals surface area contributed by atoms with Crippen LogP contribution >= 0.6 is 0 Å². The SMILES string of the molecule is CC(C)c1ccc(C(=O)c2ccc(C(C)C)cc2CCCO)c(CCCO)c1. The minimum Gasteiger partial charge on any atom is -0.396 e. The van der Waals surface area contributed by atoms with Crippen molar-refractivity contribution in [3.63, 3.8) is 0 Å². The molecule has 2 aromatic carbocycles. The molecule has 0 radical (unpaired) electrons. The van der Waals surface area contributed by atoms with Crippen LogP contribution in [-0.4, -0.2) is 29.2 Å². The van der Waals surface area contributed by atoms with E-state index in [2.05, 4.69) is 39.8 Å². The summed E-state index contributed by atoms with van der Waals surface area (Å²) >= 11 is 0. The first-order valence-corrected chi connectivity index (χ1v) is 10.4. The molecule has 0 spiro atoms. The van der Waals surface area contributed by atoms with E-state index < -0.39 is 0 Å². The van der Waals surface area contributed by atoms with Crippen molar-refractivity contribution in [2.45, 2.75) is 65.2 Å². The molecule has 2 N–H and O–H groups in total. The van der Waals surface area contributed by atoms with Crippen LogP contribution in [0.1, 0.15) is 90.5 Å². The molecule has 0 aliphatic carbocycles. The van der Waals surface area contributed by atoms with Gasteiger partial charge in [0.15, 0.2) is 5.78 Å². The van der Waals surface area contributed by atoms with Crippen LogP contribution in [0, 0.1) is 0 Å². The van der Waals surface area contributed by atoms with Crippen LogP contribution in [0.4, 0.5) is 0 Å². The Kier molecular flexibility index (Phi) is 8.40. The molecule has 28 heavy (non-hydrogen) atoms. The first-order chi connectivity index (χ1) is 13.4. The second-order valence-electron chi connectivity index (χ2n) is 8.13. The topological polar surface area (TPSA) is 57.5 Å². The molecule has 0 fully saturated rings. The molecule has 0 aliphatic rings. The van der Waals surface area contributed by atoms with Crippen molar-refractivity contribution in [2.24, 2.45) is 0 Å². The molecule has 0 heterocycles. The van der Waals surface area contributed by atoms with E-state index in [-0.39, 0.29) is 19.0 Å². The molecule has 0 amide bonds. The number of hydrogen-bond acceptors (Lipinski definition) is 3. The highest BCUT2D eigenvalue weighted by Crippen LogP contribution is 2.26. The summed E-state index contributed by atoms with van der Waals surface area (Å²) in [5, 5.41) is 18.5. The highest BCUT2D eigenvalue weighted by molar-refractivity contribution is 6.11. The fourth-order valence-electron chi connectivity index (χ4n) is 3.49. The zero-order valence-electron chi connectivity index (χ0n) is 17.7. The number of ketones is 1. The van der Waals surface area contributed by atoms with E-state index in [0.717, 1.165) is 22.3 Å². The lowest BCUT2D eigenvalue weighted by molar-refractivity contribution is 0.103. The molecule has 0 aliphatic heterocycles. The summed E-state index contributed by atoms with van der Waals surface area (Å²) in [5.41, 5.74) is 5.87. The number of hydrogen-bond donors (Lipinski definition) is 2. The molecule has 0 saturated carbocycles. The van der Waals surface area contributed by atoms with Crippen molar-refractivity contribution < 1.29 is 15.0 Å². The van der Waals surface area contributed by atoms with Gasteiger partial charge in [0.1, 0.15) is 0 Å². The number of benzene rings is 2. The van der Waals surface area contributed by atoms with E-state index in [4.69, 9.17) is 0 Å². The number of aliphatic hydroxyl groups excluding tert-OH is 2. The first-order valence-electron chi connectivity index (χ1n) is 10.4. The largest absolute Gasteiger partial charge is 0.396 e. The van der Waals surface area contributed by atoms with Crippen molar-refractivity contribution in [1.82, 2.24) is 0 Å². The Balaban J connectivity index is 2.49. The van der Waals surface area contributed by atoms with Gasteiger partial charge in [-0.25, -0.2) is 0 Å². The molecular weight excluding hydrogens is 348 g/mol. The Morgan fingerprint density at radius 1 is 0.750 bits per heavy atom. The van der Waals surface area contributed by atoms with Gasteiger partial charge in [0.05, 0.1) is 0 Å². The number of carbonyl (C=O) groups is 1. The third-order valence-corrected chi connectivity index (χ3v) is 5.29. The van der Waals surface area contributed by atoms with Crippen molar-refractivity contribution in [3.8, 4) is 0 Å². The summed E-state index contributed by atoms with van der Waals surface area (Å²) in [5.74, 6) is 0.816. The molecular formula is C25H34O3. The smallest absolute Gasteiger partial charge is 0.193 e. The number of aliphatic hydroxyl groups is 2. The Hall–Kier alpha value is -1.97. The van der Waals surface area contributed by atoms with Crippen LogP contribution in [0.15, 0.2) is 36.4 Å². The summed E-state index contributed by atoms with van der Waals surface area (Å²) in [6.45, 7) is 8.80. The van der Waals surface area contributed by atoms with Crippen LogP contribution in [0.2, 0.25) is 0 Å². The van der Waals surface area contributed by atoms with E-state index in [1.807, 2.05) is 24.3 Å². The lowest BCUT2D eigenvalue weighted by atomic mass is 9.87. The number of rotatable bonds is 10. The minimum absolute atomic E-state index is 0.0338. The minimum atomic E-state index is 0.0338. The average Bonchev–Trinajstić information content (AvgIpc) is 2.69. The molecule has 0 saturated heterocycles.